The van der Waals surface area contributed by atoms with E-state index >= 15 is 0 Å². The molecule has 0 aliphatic rings. The third-order valence-electron chi connectivity index (χ3n) is 1.56. The summed E-state index contributed by atoms with van der Waals surface area (Å²) < 4.78 is 30.4. The SMILES string of the molecule is CC(F)(F)C(=O)Oc1cc(I)c(O)c(I)c1. The van der Waals surface area contributed by atoms with Gasteiger partial charge >= 0.3 is 11.9 Å². The van der Waals surface area contributed by atoms with Crippen LogP contribution in [0.25, 0.3) is 0 Å². The molecule has 0 saturated carbocycles. The van der Waals surface area contributed by atoms with Crippen LogP contribution < -0.4 is 4.74 Å². The number of ether oxygens (including phenoxy) is 1. The van der Waals surface area contributed by atoms with Gasteiger partial charge in [0, 0.05) is 6.92 Å². The fourth-order valence-electron chi connectivity index (χ4n) is 0.798. The molecule has 0 unspecified atom stereocenters. The highest BCUT2D eigenvalue weighted by Gasteiger charge is 2.34. The third kappa shape index (κ3) is 3.40. The molecular formula is C9H6F2I2O3. The molecule has 88 valence electrons. The Morgan fingerprint density at radius 3 is 2.19 bits per heavy atom. The van der Waals surface area contributed by atoms with E-state index in [1.807, 2.05) is 45.2 Å². The van der Waals surface area contributed by atoms with Crippen molar-refractivity contribution in [2.75, 3.05) is 0 Å². The molecule has 3 nitrogen and oxygen atoms in total. The van der Waals surface area contributed by atoms with Crippen molar-refractivity contribution in [3.05, 3.63) is 19.3 Å². The number of alkyl halides is 2. The Labute approximate surface area is 117 Å². The number of halogens is 4. The van der Waals surface area contributed by atoms with E-state index in [1.165, 1.54) is 12.1 Å². The fourth-order valence-corrected chi connectivity index (χ4v) is 2.51. The maximum Gasteiger partial charge on any atom is 0.382 e. The normalized spacial score (nSPS) is 11.3. The van der Waals surface area contributed by atoms with E-state index in [0.29, 0.717) is 14.1 Å². The minimum absolute atomic E-state index is 0.0156. The van der Waals surface area contributed by atoms with Gasteiger partial charge in [-0.05, 0) is 57.3 Å². The van der Waals surface area contributed by atoms with Crippen LogP contribution in [0.2, 0.25) is 0 Å². The molecule has 1 aromatic rings. The molecule has 0 spiro atoms. The number of phenolic OH excluding ortho intramolecular Hbond substituents is 1. The molecule has 0 fully saturated rings. The summed E-state index contributed by atoms with van der Waals surface area (Å²) in [6.07, 6.45) is 0. The van der Waals surface area contributed by atoms with Gasteiger partial charge in [-0.1, -0.05) is 0 Å². The van der Waals surface area contributed by atoms with Crippen LogP contribution in [0.5, 0.6) is 11.5 Å². The van der Waals surface area contributed by atoms with Crippen LogP contribution in [0.15, 0.2) is 12.1 Å². The molecular weight excluding hydrogens is 448 g/mol. The van der Waals surface area contributed by atoms with Crippen molar-refractivity contribution in [1.29, 1.82) is 0 Å². The second kappa shape index (κ2) is 4.98. The molecule has 7 heteroatoms. The second-order valence-electron chi connectivity index (χ2n) is 3.01. The zero-order valence-electron chi connectivity index (χ0n) is 7.93. The summed E-state index contributed by atoms with van der Waals surface area (Å²) in [6.45, 7) is 0.464. The van der Waals surface area contributed by atoms with Gasteiger partial charge in [0.25, 0.3) is 0 Å². The lowest BCUT2D eigenvalue weighted by Crippen LogP contribution is -2.29. The first-order valence-corrected chi connectivity index (χ1v) is 6.15. The van der Waals surface area contributed by atoms with Crippen molar-refractivity contribution < 1.29 is 23.4 Å². The van der Waals surface area contributed by atoms with Gasteiger partial charge < -0.3 is 9.84 Å². The maximum absolute atomic E-state index is 12.6. The summed E-state index contributed by atoms with van der Waals surface area (Å²) in [5, 5.41) is 9.42. The average Bonchev–Trinajstić information content (AvgIpc) is 2.12. The lowest BCUT2D eigenvalue weighted by atomic mass is 10.3. The average molecular weight is 454 g/mol. The summed E-state index contributed by atoms with van der Waals surface area (Å²) in [5.74, 6) is -5.14. The Morgan fingerprint density at radius 1 is 1.38 bits per heavy atom. The summed E-state index contributed by atoms with van der Waals surface area (Å²) in [5.41, 5.74) is 0. The van der Waals surface area contributed by atoms with Crippen LogP contribution in [-0.4, -0.2) is 17.0 Å². The monoisotopic (exact) mass is 454 g/mol. The summed E-state index contributed by atoms with van der Waals surface area (Å²) in [6, 6.07) is 2.61. The molecule has 0 aromatic heterocycles. The molecule has 0 aliphatic heterocycles. The van der Waals surface area contributed by atoms with Gasteiger partial charge in [-0.3, -0.25) is 0 Å². The van der Waals surface area contributed by atoms with E-state index in [2.05, 4.69) is 4.74 Å². The summed E-state index contributed by atoms with van der Waals surface area (Å²) >= 11 is 3.62. The van der Waals surface area contributed by atoms with Gasteiger partial charge in [0.1, 0.15) is 11.5 Å². The molecule has 0 heterocycles. The van der Waals surface area contributed by atoms with Crippen LogP contribution in [0.4, 0.5) is 8.78 Å². The molecule has 1 rings (SSSR count). The highest BCUT2D eigenvalue weighted by atomic mass is 127. The lowest BCUT2D eigenvalue weighted by molar-refractivity contribution is -0.158. The van der Waals surface area contributed by atoms with Crippen LogP contribution in [-0.2, 0) is 4.79 Å². The number of benzene rings is 1. The van der Waals surface area contributed by atoms with Gasteiger partial charge in [0.2, 0.25) is 0 Å². The highest BCUT2D eigenvalue weighted by molar-refractivity contribution is 14.1. The van der Waals surface area contributed by atoms with Crippen molar-refractivity contribution in [2.24, 2.45) is 0 Å². The van der Waals surface area contributed by atoms with Gasteiger partial charge in [-0.25, -0.2) is 4.79 Å². The van der Waals surface area contributed by atoms with Gasteiger partial charge in [-0.2, -0.15) is 8.78 Å². The molecule has 0 atom stereocenters. The number of aromatic hydroxyl groups is 1. The zero-order valence-corrected chi connectivity index (χ0v) is 12.2. The lowest BCUT2D eigenvalue weighted by Gasteiger charge is -2.11. The number of esters is 1. The van der Waals surface area contributed by atoms with Crippen molar-refractivity contribution >= 4 is 51.2 Å². The number of carbonyl (C=O) groups is 1. The van der Waals surface area contributed by atoms with Crippen LogP contribution in [0.3, 0.4) is 0 Å². The van der Waals surface area contributed by atoms with E-state index < -0.39 is 11.9 Å². The Bertz CT molecular complexity index is 406. The Kier molecular flexibility index (Phi) is 4.32. The third-order valence-corrected chi connectivity index (χ3v) is 3.20. The molecule has 0 radical (unpaired) electrons. The van der Waals surface area contributed by atoms with E-state index in [9.17, 15) is 18.7 Å². The van der Waals surface area contributed by atoms with E-state index in [4.69, 9.17) is 0 Å². The first-order chi connectivity index (χ1) is 7.21. The molecule has 16 heavy (non-hydrogen) atoms. The Morgan fingerprint density at radius 2 is 1.81 bits per heavy atom. The zero-order chi connectivity index (χ0) is 12.5. The van der Waals surface area contributed by atoms with Crippen LogP contribution in [0.1, 0.15) is 6.92 Å². The summed E-state index contributed by atoms with van der Waals surface area (Å²) in [4.78, 5) is 10.9. The summed E-state index contributed by atoms with van der Waals surface area (Å²) in [7, 11) is 0. The predicted octanol–water partition coefficient (Wildman–Crippen LogP) is 3.16. The predicted molar refractivity (Wildman–Crippen MR) is 69.8 cm³/mol. The van der Waals surface area contributed by atoms with E-state index in [1.54, 1.807) is 0 Å². The molecule has 1 aromatic carbocycles. The van der Waals surface area contributed by atoms with Crippen molar-refractivity contribution in [1.82, 2.24) is 0 Å². The standard InChI is InChI=1S/C9H6F2I2O3/c1-9(10,11)8(15)16-4-2-5(12)7(14)6(13)3-4/h2-3,14H,1H3. The number of phenols is 1. The minimum atomic E-state index is -3.53. The van der Waals surface area contributed by atoms with Crippen LogP contribution in [0, 0.1) is 7.14 Å². The van der Waals surface area contributed by atoms with Crippen molar-refractivity contribution in [3.63, 3.8) is 0 Å². The largest absolute Gasteiger partial charge is 0.506 e. The second-order valence-corrected chi connectivity index (χ2v) is 5.34. The topological polar surface area (TPSA) is 46.5 Å². The number of hydrogen-bond donors (Lipinski definition) is 1. The fraction of sp³-hybridized carbons (Fsp3) is 0.222. The number of carbonyl (C=O) groups excluding carboxylic acids is 1. The van der Waals surface area contributed by atoms with Gasteiger partial charge in [0.05, 0.1) is 7.14 Å². The first kappa shape index (κ1) is 13.9. The Hall–Kier alpha value is -0.190. The number of rotatable bonds is 2. The number of hydrogen-bond acceptors (Lipinski definition) is 3. The van der Waals surface area contributed by atoms with Crippen LogP contribution >= 0.6 is 45.2 Å². The van der Waals surface area contributed by atoms with E-state index in [0.717, 1.165) is 0 Å². The maximum atomic E-state index is 12.6. The molecule has 0 amide bonds. The van der Waals surface area contributed by atoms with Crippen molar-refractivity contribution in [2.45, 2.75) is 12.8 Å². The quantitative estimate of drug-likeness (QED) is 0.425. The molecule has 0 saturated heterocycles. The van der Waals surface area contributed by atoms with Gasteiger partial charge in [0.15, 0.2) is 0 Å². The van der Waals surface area contributed by atoms with Gasteiger partial charge in [-0.15, -0.1) is 0 Å². The molecule has 0 aliphatic carbocycles. The smallest absolute Gasteiger partial charge is 0.382 e. The first-order valence-electron chi connectivity index (χ1n) is 4.00. The van der Waals surface area contributed by atoms with Crippen molar-refractivity contribution in [3.8, 4) is 11.5 Å². The Balaban J connectivity index is 2.96. The minimum Gasteiger partial charge on any atom is -0.506 e. The molecule has 1 N–H and O–H groups in total. The van der Waals surface area contributed by atoms with E-state index in [-0.39, 0.29) is 11.5 Å². The highest BCUT2D eigenvalue weighted by Crippen LogP contribution is 2.31. The molecule has 0 bridgehead atoms.